The van der Waals surface area contributed by atoms with Crippen molar-refractivity contribution in [2.24, 2.45) is 0 Å². The first-order chi connectivity index (χ1) is 23.3. The number of para-hydroxylation sites is 4. The summed E-state index contributed by atoms with van der Waals surface area (Å²) >= 11 is 0. The molecule has 0 saturated heterocycles. The fraction of sp³-hybridized carbons (Fsp3) is 0. The van der Waals surface area contributed by atoms with Crippen LogP contribution in [0.15, 0.2) is 152 Å². The van der Waals surface area contributed by atoms with Crippen molar-refractivity contribution in [3.63, 3.8) is 0 Å². The van der Waals surface area contributed by atoms with Crippen LogP contribution >= 0.6 is 0 Å². The van der Waals surface area contributed by atoms with Gasteiger partial charge in [-0.05, 0) is 65.7 Å². The molecule has 3 aromatic heterocycles. The van der Waals surface area contributed by atoms with Gasteiger partial charge in [0.25, 0.3) is 0 Å². The van der Waals surface area contributed by atoms with Gasteiger partial charge in [-0.15, -0.1) is 0 Å². The highest BCUT2D eigenvalue weighted by molar-refractivity contribution is 6.25. The van der Waals surface area contributed by atoms with Crippen LogP contribution in [-0.4, -0.2) is 14.1 Å². The van der Waals surface area contributed by atoms with E-state index in [9.17, 15) is 5.26 Å². The number of nitrogens with one attached hydrogen (secondary N) is 1. The molecular formula is C43H26N4. The van der Waals surface area contributed by atoms with Crippen molar-refractivity contribution >= 4 is 65.4 Å². The topological polar surface area (TPSA) is 49.4 Å². The maximum Gasteiger partial charge on any atom is 0.0998 e. The van der Waals surface area contributed by atoms with Gasteiger partial charge in [-0.1, -0.05) is 97.1 Å². The molecule has 0 saturated carbocycles. The molecule has 0 amide bonds. The lowest BCUT2D eigenvalue weighted by atomic mass is 9.99. The Morgan fingerprint density at radius 3 is 1.72 bits per heavy atom. The van der Waals surface area contributed by atoms with Crippen molar-refractivity contribution in [3.8, 4) is 28.6 Å². The third-order valence-electron chi connectivity index (χ3n) is 9.70. The smallest absolute Gasteiger partial charge is 0.0998 e. The number of fused-ring (bicyclic) bond motifs is 10. The zero-order valence-electron chi connectivity index (χ0n) is 25.3. The average molecular weight is 599 g/mol. The van der Waals surface area contributed by atoms with E-state index in [0.29, 0.717) is 5.56 Å². The minimum atomic E-state index is 0.643. The van der Waals surface area contributed by atoms with Crippen molar-refractivity contribution in [1.29, 1.82) is 5.26 Å². The molecule has 4 nitrogen and oxygen atoms in total. The average Bonchev–Trinajstić information content (AvgIpc) is 3.79. The van der Waals surface area contributed by atoms with Gasteiger partial charge in [0.2, 0.25) is 0 Å². The number of benzene rings is 7. The standard InChI is InChI=1S/C43H26N4/c44-26-28-25-30(47-41-16-8-4-11-34(41)35-23-24-38-42(43(35)47)36-12-1-5-13-37(36)45-38)21-22-31(28)27-17-19-29(20-18-27)46-39-14-6-2-9-32(39)33-10-3-7-15-40(33)46/h1-25,45H. The second-order valence-electron chi connectivity index (χ2n) is 12.2. The Morgan fingerprint density at radius 1 is 0.468 bits per heavy atom. The van der Waals surface area contributed by atoms with E-state index in [1.54, 1.807) is 0 Å². The minimum absolute atomic E-state index is 0.643. The van der Waals surface area contributed by atoms with E-state index in [2.05, 4.69) is 166 Å². The summed E-state index contributed by atoms with van der Waals surface area (Å²) in [4.78, 5) is 3.61. The summed E-state index contributed by atoms with van der Waals surface area (Å²) in [5, 5.41) is 17.7. The monoisotopic (exact) mass is 598 g/mol. The summed E-state index contributed by atoms with van der Waals surface area (Å²) in [5.74, 6) is 0. The number of rotatable bonds is 3. The summed E-state index contributed by atoms with van der Waals surface area (Å²) in [7, 11) is 0. The maximum absolute atomic E-state index is 10.5. The summed E-state index contributed by atoms with van der Waals surface area (Å²) in [6, 6.07) is 55.9. The first-order valence-corrected chi connectivity index (χ1v) is 15.8. The molecule has 0 aliphatic heterocycles. The normalized spacial score (nSPS) is 11.8. The molecule has 0 aliphatic rings. The van der Waals surface area contributed by atoms with Gasteiger partial charge < -0.3 is 14.1 Å². The molecule has 10 aromatic rings. The predicted octanol–water partition coefficient (Wildman–Crippen LogP) is 11.1. The Hall–Kier alpha value is -6.57. The van der Waals surface area contributed by atoms with Crippen LogP contribution in [0.4, 0.5) is 0 Å². The molecule has 0 unspecified atom stereocenters. The molecule has 218 valence electrons. The molecule has 0 radical (unpaired) electrons. The van der Waals surface area contributed by atoms with Crippen LogP contribution in [0.25, 0.3) is 87.9 Å². The van der Waals surface area contributed by atoms with E-state index in [0.717, 1.165) is 44.6 Å². The molecule has 7 aromatic carbocycles. The van der Waals surface area contributed by atoms with Crippen LogP contribution < -0.4 is 0 Å². The van der Waals surface area contributed by atoms with Crippen molar-refractivity contribution in [2.75, 3.05) is 0 Å². The molecule has 0 aliphatic carbocycles. The third-order valence-corrected chi connectivity index (χ3v) is 9.70. The number of aromatic nitrogens is 3. The van der Waals surface area contributed by atoms with Crippen molar-refractivity contribution < 1.29 is 0 Å². The first-order valence-electron chi connectivity index (χ1n) is 15.8. The van der Waals surface area contributed by atoms with E-state index in [1.807, 2.05) is 6.07 Å². The zero-order valence-corrected chi connectivity index (χ0v) is 25.3. The molecule has 4 heteroatoms. The molecule has 3 heterocycles. The lowest BCUT2D eigenvalue weighted by Gasteiger charge is -2.13. The summed E-state index contributed by atoms with van der Waals surface area (Å²) in [5.41, 5.74) is 11.5. The van der Waals surface area contributed by atoms with E-state index in [1.165, 1.54) is 43.4 Å². The molecular weight excluding hydrogens is 573 g/mol. The molecule has 0 bridgehead atoms. The largest absolute Gasteiger partial charge is 0.354 e. The zero-order chi connectivity index (χ0) is 31.1. The molecule has 0 atom stereocenters. The molecule has 47 heavy (non-hydrogen) atoms. The summed E-state index contributed by atoms with van der Waals surface area (Å²) in [6.45, 7) is 0. The number of H-pyrrole nitrogens is 1. The van der Waals surface area contributed by atoms with E-state index >= 15 is 0 Å². The fourth-order valence-electron chi connectivity index (χ4n) is 7.66. The van der Waals surface area contributed by atoms with Gasteiger partial charge in [0.15, 0.2) is 0 Å². The lowest BCUT2D eigenvalue weighted by Crippen LogP contribution is -1.97. The summed E-state index contributed by atoms with van der Waals surface area (Å²) in [6.07, 6.45) is 0. The number of hydrogen-bond donors (Lipinski definition) is 1. The SMILES string of the molecule is N#Cc1cc(-n2c3ccccc3c3ccc4[nH]c5ccccc5c4c32)ccc1-c1ccc(-n2c3ccccc3c3ccccc32)cc1. The van der Waals surface area contributed by atoms with Crippen molar-refractivity contribution in [3.05, 3.63) is 157 Å². The van der Waals surface area contributed by atoms with Gasteiger partial charge in [0, 0.05) is 54.7 Å². The van der Waals surface area contributed by atoms with Crippen LogP contribution in [0.3, 0.4) is 0 Å². The molecule has 1 N–H and O–H groups in total. The number of aromatic amines is 1. The van der Waals surface area contributed by atoms with E-state index in [4.69, 9.17) is 0 Å². The van der Waals surface area contributed by atoms with Gasteiger partial charge in [-0.2, -0.15) is 5.26 Å². The Bertz CT molecular complexity index is 2860. The van der Waals surface area contributed by atoms with Gasteiger partial charge in [0.05, 0.1) is 33.7 Å². The van der Waals surface area contributed by atoms with Crippen LogP contribution in [0.1, 0.15) is 5.56 Å². The molecule has 0 spiro atoms. The molecule has 0 fully saturated rings. The highest BCUT2D eigenvalue weighted by Crippen LogP contribution is 2.40. The maximum atomic E-state index is 10.5. The van der Waals surface area contributed by atoms with Crippen LogP contribution in [0.5, 0.6) is 0 Å². The van der Waals surface area contributed by atoms with E-state index in [-0.39, 0.29) is 0 Å². The highest BCUT2D eigenvalue weighted by Gasteiger charge is 2.19. The molecule has 10 rings (SSSR count). The first kappa shape index (κ1) is 25.7. The Balaban J connectivity index is 1.15. The van der Waals surface area contributed by atoms with Gasteiger partial charge in [-0.25, -0.2) is 0 Å². The van der Waals surface area contributed by atoms with E-state index < -0.39 is 0 Å². The number of nitriles is 1. The van der Waals surface area contributed by atoms with Gasteiger partial charge in [-0.3, -0.25) is 0 Å². The Morgan fingerprint density at radius 2 is 1.04 bits per heavy atom. The Kier molecular flexibility index (Phi) is 5.32. The highest BCUT2D eigenvalue weighted by atomic mass is 15.0. The van der Waals surface area contributed by atoms with Crippen LogP contribution in [0.2, 0.25) is 0 Å². The quantitative estimate of drug-likeness (QED) is 0.216. The van der Waals surface area contributed by atoms with Crippen LogP contribution in [-0.2, 0) is 0 Å². The van der Waals surface area contributed by atoms with Crippen LogP contribution in [0, 0.1) is 11.3 Å². The van der Waals surface area contributed by atoms with Crippen molar-refractivity contribution in [1.82, 2.24) is 14.1 Å². The summed E-state index contributed by atoms with van der Waals surface area (Å²) < 4.78 is 4.64. The second-order valence-corrected chi connectivity index (χ2v) is 12.2. The second kappa shape index (κ2) is 9.71. The minimum Gasteiger partial charge on any atom is -0.354 e. The number of hydrogen-bond acceptors (Lipinski definition) is 1. The Labute approximate surface area is 269 Å². The lowest BCUT2D eigenvalue weighted by molar-refractivity contribution is 1.18. The van der Waals surface area contributed by atoms with Crippen molar-refractivity contribution in [2.45, 2.75) is 0 Å². The predicted molar refractivity (Wildman–Crippen MR) is 195 cm³/mol. The number of nitrogens with zero attached hydrogens (tertiary/aromatic N) is 3. The van der Waals surface area contributed by atoms with Gasteiger partial charge >= 0.3 is 0 Å². The van der Waals surface area contributed by atoms with Gasteiger partial charge in [0.1, 0.15) is 0 Å². The third kappa shape index (κ3) is 3.63. The fourth-order valence-corrected chi connectivity index (χ4v) is 7.66.